The van der Waals surface area contributed by atoms with Gasteiger partial charge in [-0.3, -0.25) is 4.55 Å². The van der Waals surface area contributed by atoms with Gasteiger partial charge in [0.1, 0.15) is 0 Å². The smallest absolute Gasteiger partial charge is 0.307 e. The predicted octanol–water partition coefficient (Wildman–Crippen LogP) is 1.75. The minimum absolute atomic E-state index is 0.0648. The van der Waals surface area contributed by atoms with E-state index in [0.717, 1.165) is 17.7 Å². The Hall–Kier alpha value is -2.43. The van der Waals surface area contributed by atoms with Crippen LogP contribution in [-0.2, 0) is 20.1 Å². The molecule has 0 saturated heterocycles. The highest BCUT2D eigenvalue weighted by Gasteiger charge is 2.17. The summed E-state index contributed by atoms with van der Waals surface area (Å²) in [5.74, 6) is 0. The Bertz CT molecular complexity index is 949. The summed E-state index contributed by atoms with van der Waals surface area (Å²) < 4.78 is 56.6. The van der Waals surface area contributed by atoms with Crippen molar-refractivity contribution in [1.29, 1.82) is 0 Å². The van der Waals surface area contributed by atoms with Crippen LogP contribution in [0.1, 0.15) is 5.56 Å². The molecule has 128 valence electrons. The molecule has 2 aromatic carbocycles. The van der Waals surface area contributed by atoms with Crippen LogP contribution in [-0.4, -0.2) is 27.4 Å². The maximum Gasteiger partial charge on any atom is 0.333 e. The number of nitrogens with one attached hydrogen (secondary N) is 2. The number of urea groups is 1. The van der Waals surface area contributed by atoms with Gasteiger partial charge in [-0.05, 0) is 43.3 Å². The second-order valence-corrected chi connectivity index (χ2v) is 7.98. The number of aryl methyl sites for hydroxylation is 1. The van der Waals surface area contributed by atoms with Crippen molar-refractivity contribution in [2.75, 3.05) is 5.32 Å². The van der Waals surface area contributed by atoms with Crippen molar-refractivity contribution in [3.63, 3.8) is 0 Å². The van der Waals surface area contributed by atoms with Crippen LogP contribution < -0.4 is 10.0 Å². The summed E-state index contributed by atoms with van der Waals surface area (Å²) in [4.78, 5) is 11.4. The number of hydrogen-bond donors (Lipinski definition) is 3. The number of amides is 2. The van der Waals surface area contributed by atoms with E-state index in [-0.39, 0.29) is 15.5 Å². The van der Waals surface area contributed by atoms with Gasteiger partial charge < -0.3 is 5.32 Å². The fourth-order valence-electron chi connectivity index (χ4n) is 1.77. The molecule has 0 fully saturated rings. The van der Waals surface area contributed by atoms with Crippen molar-refractivity contribution in [3.05, 3.63) is 54.1 Å². The number of hydrogen-bond acceptors (Lipinski definition) is 5. The molecule has 0 unspecified atom stereocenters. The van der Waals surface area contributed by atoms with E-state index < -0.39 is 26.2 Å². The highest BCUT2D eigenvalue weighted by Crippen LogP contribution is 2.14. The Balaban J connectivity index is 2.09. The molecule has 3 N–H and O–H groups in total. The van der Waals surface area contributed by atoms with E-state index in [9.17, 15) is 21.6 Å². The van der Waals surface area contributed by atoms with E-state index in [2.05, 4.69) is 5.32 Å². The average molecular weight is 370 g/mol. The molecule has 0 saturated carbocycles. The van der Waals surface area contributed by atoms with Gasteiger partial charge in [-0.2, -0.15) is 8.42 Å². The number of sulfonamides is 1. The minimum atomic E-state index is -4.34. The van der Waals surface area contributed by atoms with Gasteiger partial charge in [0.05, 0.1) is 9.79 Å². The fourth-order valence-corrected chi connectivity index (χ4v) is 3.15. The first kappa shape index (κ1) is 17.9. The van der Waals surface area contributed by atoms with Crippen molar-refractivity contribution in [2.45, 2.75) is 16.7 Å². The van der Waals surface area contributed by atoms with Crippen molar-refractivity contribution in [2.24, 2.45) is 0 Å². The minimum Gasteiger partial charge on any atom is -0.307 e. The molecule has 0 aliphatic rings. The van der Waals surface area contributed by atoms with Gasteiger partial charge in [0, 0.05) is 5.69 Å². The van der Waals surface area contributed by atoms with Crippen LogP contribution in [0.5, 0.6) is 0 Å². The summed E-state index contributed by atoms with van der Waals surface area (Å²) in [5, 5.41) is 2.25. The maximum atomic E-state index is 12.0. The summed E-state index contributed by atoms with van der Waals surface area (Å²) in [7, 11) is -8.37. The molecular weight excluding hydrogens is 356 g/mol. The van der Waals surface area contributed by atoms with Gasteiger partial charge in [-0.1, -0.05) is 17.7 Å². The number of carbonyl (C=O) groups is 1. The zero-order chi connectivity index (χ0) is 18.0. The van der Waals surface area contributed by atoms with E-state index >= 15 is 0 Å². The number of anilines is 1. The Morgan fingerprint density at radius 1 is 0.875 bits per heavy atom. The largest absolute Gasteiger partial charge is 0.333 e. The van der Waals surface area contributed by atoms with Gasteiger partial charge in [0.15, 0.2) is 0 Å². The number of carbonyl (C=O) groups excluding carboxylic acids is 1. The first-order chi connectivity index (χ1) is 11.1. The molecule has 0 aliphatic carbocycles. The standard InChI is InChI=1S/C14H14N2O6S2/c1-10-2-6-12(7-3-10)23(18,19)16-14(17)15-11-4-8-13(9-5-11)24(20,21)22/h2-9H,1H3,(H2,15,16,17)(H,20,21,22). The first-order valence-corrected chi connectivity index (χ1v) is 9.48. The number of benzene rings is 2. The van der Waals surface area contributed by atoms with Gasteiger partial charge in [0.2, 0.25) is 0 Å². The Morgan fingerprint density at radius 2 is 1.38 bits per heavy atom. The Kier molecular flexibility index (Phi) is 4.92. The second-order valence-electron chi connectivity index (χ2n) is 4.87. The zero-order valence-corrected chi connectivity index (χ0v) is 14.1. The molecule has 24 heavy (non-hydrogen) atoms. The van der Waals surface area contributed by atoms with Gasteiger partial charge >= 0.3 is 6.03 Å². The van der Waals surface area contributed by atoms with Crippen LogP contribution in [0, 0.1) is 6.92 Å². The molecule has 2 rings (SSSR count). The molecule has 0 spiro atoms. The van der Waals surface area contributed by atoms with E-state index in [1.165, 1.54) is 24.3 Å². The van der Waals surface area contributed by atoms with Crippen LogP contribution in [0.4, 0.5) is 10.5 Å². The molecule has 0 atom stereocenters. The summed E-state index contributed by atoms with van der Waals surface area (Å²) in [6.45, 7) is 1.80. The van der Waals surface area contributed by atoms with Gasteiger partial charge in [0.25, 0.3) is 20.1 Å². The molecule has 0 aromatic heterocycles. The highest BCUT2D eigenvalue weighted by atomic mass is 32.2. The highest BCUT2D eigenvalue weighted by molar-refractivity contribution is 7.90. The lowest BCUT2D eigenvalue weighted by atomic mass is 10.2. The molecular formula is C14H14N2O6S2. The van der Waals surface area contributed by atoms with Gasteiger partial charge in [-0.25, -0.2) is 17.9 Å². The topological polar surface area (TPSA) is 130 Å². The first-order valence-electron chi connectivity index (χ1n) is 6.56. The quantitative estimate of drug-likeness (QED) is 0.703. The van der Waals surface area contributed by atoms with E-state index in [0.29, 0.717) is 0 Å². The maximum absolute atomic E-state index is 12.0. The molecule has 0 heterocycles. The molecule has 0 bridgehead atoms. The van der Waals surface area contributed by atoms with E-state index in [1.54, 1.807) is 19.1 Å². The predicted molar refractivity (Wildman–Crippen MR) is 86.8 cm³/mol. The van der Waals surface area contributed by atoms with Crippen LogP contribution in [0.25, 0.3) is 0 Å². The third-order valence-electron chi connectivity index (χ3n) is 2.97. The van der Waals surface area contributed by atoms with Crippen molar-refractivity contribution < 1.29 is 26.2 Å². The lowest BCUT2D eigenvalue weighted by molar-refractivity contribution is 0.256. The summed E-state index contributed by atoms with van der Waals surface area (Å²) >= 11 is 0. The fraction of sp³-hybridized carbons (Fsp3) is 0.0714. The molecule has 10 heteroatoms. The third kappa shape index (κ3) is 4.54. The van der Waals surface area contributed by atoms with Crippen molar-refractivity contribution in [1.82, 2.24) is 4.72 Å². The van der Waals surface area contributed by atoms with Crippen molar-refractivity contribution >= 4 is 31.9 Å². The number of rotatable bonds is 4. The van der Waals surface area contributed by atoms with Crippen LogP contribution in [0.15, 0.2) is 58.3 Å². The molecule has 2 amide bonds. The summed E-state index contributed by atoms with van der Waals surface area (Å²) in [6.07, 6.45) is 0. The van der Waals surface area contributed by atoms with E-state index in [4.69, 9.17) is 4.55 Å². The lowest BCUT2D eigenvalue weighted by Crippen LogP contribution is -2.34. The monoisotopic (exact) mass is 370 g/mol. The van der Waals surface area contributed by atoms with E-state index in [1.807, 2.05) is 4.72 Å². The molecule has 0 aliphatic heterocycles. The summed E-state index contributed by atoms with van der Waals surface area (Å²) in [5.41, 5.74) is 1.02. The van der Waals surface area contributed by atoms with Crippen LogP contribution in [0.2, 0.25) is 0 Å². The zero-order valence-electron chi connectivity index (χ0n) is 12.4. The second kappa shape index (κ2) is 6.59. The normalized spacial score (nSPS) is 11.8. The van der Waals surface area contributed by atoms with Crippen LogP contribution >= 0.6 is 0 Å². The molecule has 8 nitrogen and oxygen atoms in total. The Labute approximate surface area is 139 Å². The van der Waals surface area contributed by atoms with Crippen molar-refractivity contribution in [3.8, 4) is 0 Å². The van der Waals surface area contributed by atoms with Gasteiger partial charge in [-0.15, -0.1) is 0 Å². The van der Waals surface area contributed by atoms with Crippen LogP contribution in [0.3, 0.4) is 0 Å². The lowest BCUT2D eigenvalue weighted by Gasteiger charge is -2.09. The third-order valence-corrected chi connectivity index (χ3v) is 5.18. The molecule has 2 aromatic rings. The Morgan fingerprint density at radius 3 is 1.88 bits per heavy atom. The summed E-state index contributed by atoms with van der Waals surface area (Å²) in [6, 6.07) is 9.48. The SMILES string of the molecule is Cc1ccc(S(=O)(=O)NC(=O)Nc2ccc(S(=O)(=O)O)cc2)cc1. The molecule has 0 radical (unpaired) electrons. The average Bonchev–Trinajstić information content (AvgIpc) is 2.46.